The van der Waals surface area contributed by atoms with Gasteiger partial charge < -0.3 is 10.1 Å². The van der Waals surface area contributed by atoms with E-state index in [-0.39, 0.29) is 11.7 Å². The highest BCUT2D eigenvalue weighted by atomic mass is 19.4. The molecule has 0 aliphatic heterocycles. The van der Waals surface area contributed by atoms with Gasteiger partial charge >= 0.3 is 6.36 Å². The summed E-state index contributed by atoms with van der Waals surface area (Å²) in [6.45, 7) is 1.84. The van der Waals surface area contributed by atoms with Crippen LogP contribution in [0.25, 0.3) is 17.1 Å². The Labute approximate surface area is 152 Å². The molecule has 0 spiro atoms. The van der Waals surface area contributed by atoms with E-state index in [1.54, 1.807) is 0 Å². The summed E-state index contributed by atoms with van der Waals surface area (Å²) in [4.78, 5) is 15.3. The molecule has 3 aromatic rings. The second kappa shape index (κ2) is 7.48. The lowest BCUT2D eigenvalue weighted by Gasteiger charge is -2.09. The summed E-state index contributed by atoms with van der Waals surface area (Å²) in [7, 11) is 0. The number of aromatic nitrogens is 3. The number of rotatable bonds is 5. The number of carbonyl (C=O) groups is 1. The fourth-order valence-electron chi connectivity index (χ4n) is 2.37. The minimum Gasteiger partial charge on any atom is -0.406 e. The predicted octanol–water partition coefficient (Wildman–Crippen LogP) is 3.47. The zero-order valence-corrected chi connectivity index (χ0v) is 14.2. The van der Waals surface area contributed by atoms with E-state index in [1.807, 2.05) is 24.3 Å². The highest BCUT2D eigenvalue weighted by Crippen LogP contribution is 2.24. The van der Waals surface area contributed by atoms with Crippen molar-refractivity contribution in [1.82, 2.24) is 20.1 Å². The van der Waals surface area contributed by atoms with Crippen molar-refractivity contribution in [3.8, 4) is 22.8 Å². The summed E-state index contributed by atoms with van der Waals surface area (Å²) in [5.74, 6) is 0.0216. The topological polar surface area (TPSA) is 69.0 Å². The summed E-state index contributed by atoms with van der Waals surface area (Å²) in [6, 6.07) is 12.7. The third-order valence-corrected chi connectivity index (χ3v) is 3.55. The van der Waals surface area contributed by atoms with Gasteiger partial charge in [0.25, 0.3) is 0 Å². The maximum Gasteiger partial charge on any atom is 0.573 e. The third-order valence-electron chi connectivity index (χ3n) is 3.55. The van der Waals surface area contributed by atoms with Crippen molar-refractivity contribution in [2.24, 2.45) is 0 Å². The van der Waals surface area contributed by atoms with Crippen molar-refractivity contribution in [3.05, 3.63) is 60.4 Å². The highest BCUT2D eigenvalue weighted by molar-refractivity contribution is 5.72. The molecule has 0 aliphatic rings. The van der Waals surface area contributed by atoms with Crippen LogP contribution < -0.4 is 10.1 Å². The summed E-state index contributed by atoms with van der Waals surface area (Å²) in [5.41, 5.74) is 2.19. The first-order valence-corrected chi connectivity index (χ1v) is 7.92. The lowest BCUT2D eigenvalue weighted by molar-refractivity contribution is -0.274. The molecule has 1 aromatic heterocycles. The zero-order chi connectivity index (χ0) is 19.4. The van der Waals surface area contributed by atoms with E-state index in [1.165, 1.54) is 42.2 Å². The molecular weight excluding hydrogens is 361 g/mol. The van der Waals surface area contributed by atoms with Gasteiger partial charge in [0.1, 0.15) is 12.1 Å². The summed E-state index contributed by atoms with van der Waals surface area (Å²) in [5, 5.41) is 7.06. The van der Waals surface area contributed by atoms with Crippen LogP contribution in [0.3, 0.4) is 0 Å². The van der Waals surface area contributed by atoms with Crippen molar-refractivity contribution < 1.29 is 22.7 Å². The molecule has 9 heteroatoms. The van der Waals surface area contributed by atoms with Crippen molar-refractivity contribution in [3.63, 3.8) is 0 Å². The molecule has 1 N–H and O–H groups in total. The maximum atomic E-state index is 12.2. The Morgan fingerprint density at radius 1 is 1.19 bits per heavy atom. The van der Waals surface area contributed by atoms with Crippen LogP contribution >= 0.6 is 0 Å². The first-order chi connectivity index (χ1) is 12.8. The molecule has 1 amide bonds. The third kappa shape index (κ3) is 5.06. The van der Waals surface area contributed by atoms with Gasteiger partial charge in [-0.1, -0.05) is 18.2 Å². The molecule has 0 bridgehead atoms. The normalized spacial score (nSPS) is 11.3. The molecule has 27 heavy (non-hydrogen) atoms. The first-order valence-electron chi connectivity index (χ1n) is 7.92. The molecular formula is C18H15F3N4O2. The fourth-order valence-corrected chi connectivity index (χ4v) is 2.37. The van der Waals surface area contributed by atoms with Crippen molar-refractivity contribution in [2.75, 3.05) is 0 Å². The van der Waals surface area contributed by atoms with Gasteiger partial charge in [0.2, 0.25) is 5.91 Å². The lowest BCUT2D eigenvalue weighted by Crippen LogP contribution is -2.18. The minimum absolute atomic E-state index is 0.124. The number of nitrogens with zero attached hydrogens (tertiary/aromatic N) is 3. The van der Waals surface area contributed by atoms with Crippen molar-refractivity contribution >= 4 is 5.91 Å². The van der Waals surface area contributed by atoms with Crippen LogP contribution in [0.2, 0.25) is 0 Å². The van der Waals surface area contributed by atoms with Gasteiger partial charge in [0.15, 0.2) is 5.82 Å². The molecule has 0 aliphatic carbocycles. The van der Waals surface area contributed by atoms with E-state index in [4.69, 9.17) is 0 Å². The average Bonchev–Trinajstić information content (AvgIpc) is 3.10. The average molecular weight is 376 g/mol. The number of ether oxygens (including phenoxy) is 1. The molecule has 0 saturated carbocycles. The second-order valence-corrected chi connectivity index (χ2v) is 5.66. The summed E-state index contributed by atoms with van der Waals surface area (Å²) < 4.78 is 41.9. The molecule has 0 atom stereocenters. The molecule has 0 radical (unpaired) electrons. The van der Waals surface area contributed by atoms with Crippen LogP contribution in [0.5, 0.6) is 5.75 Å². The van der Waals surface area contributed by atoms with Crippen LogP contribution in [0, 0.1) is 0 Å². The van der Waals surface area contributed by atoms with Gasteiger partial charge in [-0.05, 0) is 35.9 Å². The van der Waals surface area contributed by atoms with Gasteiger partial charge in [-0.3, -0.25) is 4.79 Å². The van der Waals surface area contributed by atoms with Crippen LogP contribution in [0.15, 0.2) is 54.9 Å². The number of hydrogen-bond acceptors (Lipinski definition) is 4. The van der Waals surface area contributed by atoms with Crippen LogP contribution in [0.4, 0.5) is 13.2 Å². The maximum absolute atomic E-state index is 12.2. The Bertz CT molecular complexity index is 936. The molecule has 140 valence electrons. The van der Waals surface area contributed by atoms with Crippen LogP contribution in [-0.2, 0) is 11.3 Å². The quantitative estimate of drug-likeness (QED) is 0.740. The molecule has 0 saturated heterocycles. The van der Waals surface area contributed by atoms with Gasteiger partial charge in [-0.2, -0.15) is 0 Å². The number of carbonyl (C=O) groups excluding carboxylic acids is 1. The molecule has 3 rings (SSSR count). The van der Waals surface area contributed by atoms with Crippen LogP contribution in [-0.4, -0.2) is 27.0 Å². The van der Waals surface area contributed by atoms with E-state index in [0.717, 1.165) is 11.1 Å². The Morgan fingerprint density at radius 3 is 2.59 bits per heavy atom. The molecule has 1 heterocycles. The number of amides is 1. The van der Waals surface area contributed by atoms with Gasteiger partial charge in [0.05, 0.1) is 5.69 Å². The molecule has 6 nitrogen and oxygen atoms in total. The Morgan fingerprint density at radius 2 is 1.93 bits per heavy atom. The number of alkyl halides is 3. The van der Waals surface area contributed by atoms with E-state index < -0.39 is 6.36 Å². The van der Waals surface area contributed by atoms with Crippen molar-refractivity contribution in [2.45, 2.75) is 19.8 Å². The Hall–Kier alpha value is -3.36. The Balaban J connectivity index is 1.77. The van der Waals surface area contributed by atoms with Crippen molar-refractivity contribution in [1.29, 1.82) is 0 Å². The Kier molecular flexibility index (Phi) is 5.11. The van der Waals surface area contributed by atoms with Crippen LogP contribution in [0.1, 0.15) is 12.5 Å². The smallest absolute Gasteiger partial charge is 0.406 e. The number of benzene rings is 2. The molecule has 2 aromatic carbocycles. The second-order valence-electron chi connectivity index (χ2n) is 5.66. The van der Waals surface area contributed by atoms with E-state index in [0.29, 0.717) is 18.1 Å². The number of nitrogens with one attached hydrogen (secondary N) is 1. The zero-order valence-electron chi connectivity index (χ0n) is 14.2. The van der Waals surface area contributed by atoms with E-state index in [9.17, 15) is 18.0 Å². The predicted molar refractivity (Wildman–Crippen MR) is 91.0 cm³/mol. The fraction of sp³-hybridized carbons (Fsp3) is 0.167. The van der Waals surface area contributed by atoms with E-state index in [2.05, 4.69) is 20.1 Å². The minimum atomic E-state index is -4.73. The lowest BCUT2D eigenvalue weighted by atomic mass is 10.1. The van der Waals surface area contributed by atoms with Gasteiger partial charge in [0, 0.05) is 19.0 Å². The standard InChI is InChI=1S/C18H15F3N4O2/c1-12(26)22-10-13-3-2-4-14(9-13)17-23-11-25(24-17)15-5-7-16(8-6-15)27-18(19,20)21/h2-9,11H,10H2,1H3,(H,22,26). The first kappa shape index (κ1) is 18.4. The monoisotopic (exact) mass is 376 g/mol. The van der Waals surface area contributed by atoms with E-state index >= 15 is 0 Å². The highest BCUT2D eigenvalue weighted by Gasteiger charge is 2.30. The molecule has 0 fully saturated rings. The number of halogens is 3. The van der Waals surface area contributed by atoms with Gasteiger partial charge in [-0.25, -0.2) is 9.67 Å². The largest absolute Gasteiger partial charge is 0.573 e. The summed E-state index contributed by atoms with van der Waals surface area (Å²) in [6.07, 6.45) is -3.26. The summed E-state index contributed by atoms with van der Waals surface area (Å²) >= 11 is 0. The van der Waals surface area contributed by atoms with Gasteiger partial charge in [-0.15, -0.1) is 18.3 Å². The SMILES string of the molecule is CC(=O)NCc1cccc(-c2ncn(-c3ccc(OC(F)(F)F)cc3)n2)c1. The number of hydrogen-bond donors (Lipinski definition) is 1. The molecule has 0 unspecified atom stereocenters.